The molecule has 0 spiro atoms. The van der Waals surface area contributed by atoms with Gasteiger partial charge in [-0.2, -0.15) is 0 Å². The Balaban J connectivity index is 0. The standard InChI is InChI=1S/C8H18O2.H2O/c1-6(2)7(10)8(3,4)5-9;/h6-7,9-10H,5H2,1-4H3;1H2. The van der Waals surface area contributed by atoms with Crippen molar-refractivity contribution in [1.82, 2.24) is 0 Å². The summed E-state index contributed by atoms with van der Waals surface area (Å²) in [5, 5.41) is 18.3. The van der Waals surface area contributed by atoms with Gasteiger partial charge in [-0.3, -0.25) is 0 Å². The van der Waals surface area contributed by atoms with Gasteiger partial charge in [0.1, 0.15) is 0 Å². The van der Waals surface area contributed by atoms with Gasteiger partial charge in [-0.05, 0) is 5.92 Å². The highest BCUT2D eigenvalue weighted by atomic mass is 16.3. The monoisotopic (exact) mass is 164 g/mol. The summed E-state index contributed by atoms with van der Waals surface area (Å²) < 4.78 is 0. The van der Waals surface area contributed by atoms with E-state index < -0.39 is 6.10 Å². The van der Waals surface area contributed by atoms with E-state index in [1.807, 2.05) is 27.7 Å². The Morgan fingerprint density at radius 2 is 1.64 bits per heavy atom. The van der Waals surface area contributed by atoms with Crippen LogP contribution in [0.2, 0.25) is 0 Å². The summed E-state index contributed by atoms with van der Waals surface area (Å²) in [5.41, 5.74) is -0.367. The first-order valence-electron chi connectivity index (χ1n) is 3.70. The number of hydrogen-bond acceptors (Lipinski definition) is 2. The third-order valence-electron chi connectivity index (χ3n) is 1.84. The zero-order valence-electron chi connectivity index (χ0n) is 7.76. The van der Waals surface area contributed by atoms with Crippen molar-refractivity contribution < 1.29 is 15.7 Å². The quantitative estimate of drug-likeness (QED) is 0.625. The smallest absolute Gasteiger partial charge is 0.0635 e. The van der Waals surface area contributed by atoms with Crippen LogP contribution >= 0.6 is 0 Å². The highest BCUT2D eigenvalue weighted by Gasteiger charge is 2.28. The fraction of sp³-hybridized carbons (Fsp3) is 1.00. The van der Waals surface area contributed by atoms with Crippen molar-refractivity contribution in [2.75, 3.05) is 6.61 Å². The van der Waals surface area contributed by atoms with Crippen molar-refractivity contribution >= 4 is 0 Å². The van der Waals surface area contributed by atoms with Crippen LogP contribution in [0.5, 0.6) is 0 Å². The van der Waals surface area contributed by atoms with Crippen LogP contribution in [-0.4, -0.2) is 28.4 Å². The molecule has 0 aromatic carbocycles. The first-order valence-corrected chi connectivity index (χ1v) is 3.70. The van der Waals surface area contributed by atoms with E-state index in [1.54, 1.807) is 0 Å². The third kappa shape index (κ3) is 3.70. The number of aliphatic hydroxyl groups is 2. The lowest BCUT2D eigenvalue weighted by atomic mass is 9.82. The van der Waals surface area contributed by atoms with Gasteiger partial charge in [0.15, 0.2) is 0 Å². The molecule has 0 aliphatic carbocycles. The van der Waals surface area contributed by atoms with Gasteiger partial charge in [0.25, 0.3) is 0 Å². The number of aliphatic hydroxyl groups excluding tert-OH is 2. The first kappa shape index (κ1) is 13.5. The largest absolute Gasteiger partial charge is 0.412 e. The summed E-state index contributed by atoms with van der Waals surface area (Å²) in [6, 6.07) is 0. The number of hydrogen-bond donors (Lipinski definition) is 2. The molecule has 0 aromatic heterocycles. The van der Waals surface area contributed by atoms with E-state index in [-0.39, 0.29) is 23.4 Å². The molecule has 0 bridgehead atoms. The number of rotatable bonds is 3. The lowest BCUT2D eigenvalue weighted by molar-refractivity contribution is -0.0204. The molecule has 0 radical (unpaired) electrons. The molecular formula is C8H20O3. The van der Waals surface area contributed by atoms with Crippen LogP contribution in [0.3, 0.4) is 0 Å². The van der Waals surface area contributed by atoms with Crippen molar-refractivity contribution in [3.05, 3.63) is 0 Å². The van der Waals surface area contributed by atoms with Crippen molar-refractivity contribution in [3.63, 3.8) is 0 Å². The molecule has 4 N–H and O–H groups in total. The second-order valence-electron chi connectivity index (χ2n) is 3.84. The molecular weight excluding hydrogens is 144 g/mol. The Labute approximate surface area is 68.4 Å². The molecule has 0 rings (SSSR count). The van der Waals surface area contributed by atoms with Crippen LogP contribution in [0.1, 0.15) is 27.7 Å². The zero-order valence-corrected chi connectivity index (χ0v) is 7.76. The van der Waals surface area contributed by atoms with Gasteiger partial charge in [-0.1, -0.05) is 27.7 Å². The molecule has 0 saturated carbocycles. The highest BCUT2D eigenvalue weighted by molar-refractivity contribution is 4.78. The molecule has 3 heteroatoms. The van der Waals surface area contributed by atoms with Gasteiger partial charge in [-0.15, -0.1) is 0 Å². The molecule has 11 heavy (non-hydrogen) atoms. The van der Waals surface area contributed by atoms with Crippen LogP contribution < -0.4 is 0 Å². The average molecular weight is 164 g/mol. The second-order valence-corrected chi connectivity index (χ2v) is 3.84. The lowest BCUT2D eigenvalue weighted by Crippen LogP contribution is -2.36. The summed E-state index contributed by atoms with van der Waals surface area (Å²) in [6.07, 6.45) is -0.419. The minimum atomic E-state index is -0.419. The predicted octanol–water partition coefficient (Wildman–Crippen LogP) is 0.197. The highest BCUT2D eigenvalue weighted by Crippen LogP contribution is 2.24. The van der Waals surface area contributed by atoms with Gasteiger partial charge in [0, 0.05) is 5.41 Å². The molecule has 0 amide bonds. The molecule has 0 fully saturated rings. The molecule has 1 unspecified atom stereocenters. The molecule has 0 aromatic rings. The summed E-state index contributed by atoms with van der Waals surface area (Å²) in [7, 11) is 0. The minimum absolute atomic E-state index is 0. The normalized spacial score (nSPS) is 14.5. The van der Waals surface area contributed by atoms with E-state index >= 15 is 0 Å². The Hall–Kier alpha value is -0.120. The summed E-state index contributed by atoms with van der Waals surface area (Å²) in [4.78, 5) is 0. The first-order chi connectivity index (χ1) is 4.41. The van der Waals surface area contributed by atoms with Crippen molar-refractivity contribution in [2.24, 2.45) is 11.3 Å². The summed E-state index contributed by atoms with van der Waals surface area (Å²) >= 11 is 0. The van der Waals surface area contributed by atoms with E-state index in [1.165, 1.54) is 0 Å². The van der Waals surface area contributed by atoms with Crippen molar-refractivity contribution in [2.45, 2.75) is 33.8 Å². The van der Waals surface area contributed by atoms with Gasteiger partial charge in [0.05, 0.1) is 12.7 Å². The molecule has 0 saturated heterocycles. The Morgan fingerprint density at radius 1 is 1.27 bits per heavy atom. The maximum atomic E-state index is 9.49. The molecule has 0 aliphatic rings. The lowest BCUT2D eigenvalue weighted by Gasteiger charge is -2.30. The summed E-state index contributed by atoms with van der Waals surface area (Å²) in [5.74, 6) is 0.210. The molecule has 1 atom stereocenters. The van der Waals surface area contributed by atoms with Gasteiger partial charge in [-0.25, -0.2) is 0 Å². The molecule has 70 valence electrons. The van der Waals surface area contributed by atoms with E-state index in [0.29, 0.717) is 0 Å². The van der Waals surface area contributed by atoms with Crippen LogP contribution in [0.15, 0.2) is 0 Å². The van der Waals surface area contributed by atoms with E-state index in [2.05, 4.69) is 0 Å². The van der Waals surface area contributed by atoms with Crippen molar-refractivity contribution in [3.8, 4) is 0 Å². The average Bonchev–Trinajstić information content (AvgIpc) is 1.86. The summed E-state index contributed by atoms with van der Waals surface area (Å²) in [6.45, 7) is 7.64. The topological polar surface area (TPSA) is 72.0 Å². The maximum absolute atomic E-state index is 9.49. The van der Waals surface area contributed by atoms with Gasteiger partial charge < -0.3 is 15.7 Å². The third-order valence-corrected chi connectivity index (χ3v) is 1.84. The van der Waals surface area contributed by atoms with Crippen LogP contribution in [0.4, 0.5) is 0 Å². The Morgan fingerprint density at radius 3 is 1.73 bits per heavy atom. The Bertz CT molecular complexity index is 99.5. The molecule has 0 heterocycles. The zero-order chi connectivity index (χ0) is 8.36. The Kier molecular flexibility index (Phi) is 5.75. The SMILES string of the molecule is CC(C)C(O)C(C)(C)CO.O. The second kappa shape index (κ2) is 4.70. The van der Waals surface area contributed by atoms with Crippen molar-refractivity contribution in [1.29, 1.82) is 0 Å². The van der Waals surface area contributed by atoms with E-state index in [0.717, 1.165) is 0 Å². The fourth-order valence-corrected chi connectivity index (χ4v) is 0.996. The van der Waals surface area contributed by atoms with Gasteiger partial charge in [0.2, 0.25) is 0 Å². The van der Waals surface area contributed by atoms with E-state index in [4.69, 9.17) is 5.11 Å². The minimum Gasteiger partial charge on any atom is -0.412 e. The van der Waals surface area contributed by atoms with Gasteiger partial charge >= 0.3 is 0 Å². The molecule has 0 aliphatic heterocycles. The van der Waals surface area contributed by atoms with E-state index in [9.17, 15) is 5.11 Å². The van der Waals surface area contributed by atoms with Crippen LogP contribution in [0, 0.1) is 11.3 Å². The van der Waals surface area contributed by atoms with Crippen LogP contribution in [-0.2, 0) is 0 Å². The fourth-order valence-electron chi connectivity index (χ4n) is 0.996. The van der Waals surface area contributed by atoms with Crippen LogP contribution in [0.25, 0.3) is 0 Å². The molecule has 3 nitrogen and oxygen atoms in total. The predicted molar refractivity (Wildman–Crippen MR) is 45.3 cm³/mol. The maximum Gasteiger partial charge on any atom is 0.0635 e.